The van der Waals surface area contributed by atoms with E-state index < -0.39 is 0 Å². The van der Waals surface area contributed by atoms with Crippen molar-refractivity contribution in [2.45, 2.75) is 39.3 Å². The largest absolute Gasteiger partial charge is 0.371 e. The molecule has 1 aliphatic rings. The molecule has 1 heterocycles. The van der Waals surface area contributed by atoms with Crippen molar-refractivity contribution in [2.24, 2.45) is 11.7 Å². The highest BCUT2D eigenvalue weighted by Gasteiger charge is 2.26. The molecule has 0 spiro atoms. The second-order valence-electron chi connectivity index (χ2n) is 6.71. The Morgan fingerprint density at radius 2 is 2.19 bits per heavy atom. The van der Waals surface area contributed by atoms with Gasteiger partial charge in [0.05, 0.1) is 5.92 Å². The van der Waals surface area contributed by atoms with Gasteiger partial charge in [-0.2, -0.15) is 0 Å². The Morgan fingerprint density at radius 1 is 1.48 bits per heavy atom. The second kappa shape index (κ2) is 6.24. The third-order valence-corrected chi connectivity index (χ3v) is 4.15. The van der Waals surface area contributed by atoms with Crippen molar-refractivity contribution in [3.05, 3.63) is 28.8 Å². The number of amides is 1. The van der Waals surface area contributed by atoms with Gasteiger partial charge in [0.2, 0.25) is 5.91 Å². The van der Waals surface area contributed by atoms with E-state index in [1.54, 1.807) is 0 Å². The summed E-state index contributed by atoms with van der Waals surface area (Å²) in [5, 5.41) is 4.19. The lowest BCUT2D eigenvalue weighted by atomic mass is 10.1. The lowest BCUT2D eigenvalue weighted by molar-refractivity contribution is -0.121. The standard InChI is InChI=1S/C16H24ClN3O/c1-16(2,3)19-9-11-4-5-13(8-14(11)17)20-7-6-12(10-20)15(18)21/h4-5,8,12,19H,6-7,9-10H2,1-3H3,(H2,18,21). The summed E-state index contributed by atoms with van der Waals surface area (Å²) in [6.45, 7) is 8.66. The van der Waals surface area contributed by atoms with Gasteiger partial charge in [-0.3, -0.25) is 4.79 Å². The third kappa shape index (κ3) is 4.35. The van der Waals surface area contributed by atoms with Gasteiger partial charge in [-0.05, 0) is 44.9 Å². The molecule has 21 heavy (non-hydrogen) atoms. The maximum absolute atomic E-state index is 11.2. The molecular weight excluding hydrogens is 286 g/mol. The molecule has 1 fully saturated rings. The summed E-state index contributed by atoms with van der Waals surface area (Å²) in [4.78, 5) is 13.4. The summed E-state index contributed by atoms with van der Waals surface area (Å²) in [6, 6.07) is 6.09. The van der Waals surface area contributed by atoms with Gasteiger partial charge in [0, 0.05) is 35.9 Å². The molecule has 1 saturated heterocycles. The normalized spacial score (nSPS) is 19.0. The smallest absolute Gasteiger partial charge is 0.222 e. The Labute approximate surface area is 131 Å². The van der Waals surface area contributed by atoms with Crippen LogP contribution in [0.2, 0.25) is 5.02 Å². The first-order valence-corrected chi connectivity index (χ1v) is 7.72. The molecule has 2 rings (SSSR count). The van der Waals surface area contributed by atoms with Crippen LogP contribution in [0.4, 0.5) is 5.69 Å². The predicted molar refractivity (Wildman–Crippen MR) is 87.6 cm³/mol. The van der Waals surface area contributed by atoms with E-state index in [1.165, 1.54) is 0 Å². The molecule has 1 unspecified atom stereocenters. The van der Waals surface area contributed by atoms with Crippen molar-refractivity contribution >= 4 is 23.2 Å². The molecule has 1 aromatic carbocycles. The Hall–Kier alpha value is -1.26. The number of nitrogens with zero attached hydrogens (tertiary/aromatic N) is 1. The molecule has 0 bridgehead atoms. The van der Waals surface area contributed by atoms with Crippen LogP contribution >= 0.6 is 11.6 Å². The van der Waals surface area contributed by atoms with Crippen LogP contribution < -0.4 is 16.0 Å². The number of carbonyl (C=O) groups excluding carboxylic acids is 1. The number of hydrogen-bond donors (Lipinski definition) is 2. The van der Waals surface area contributed by atoms with Gasteiger partial charge < -0.3 is 16.0 Å². The van der Waals surface area contributed by atoms with Crippen LogP contribution in [0.25, 0.3) is 0 Å². The summed E-state index contributed by atoms with van der Waals surface area (Å²) in [7, 11) is 0. The van der Waals surface area contributed by atoms with E-state index in [0.29, 0.717) is 6.54 Å². The van der Waals surface area contributed by atoms with Gasteiger partial charge in [-0.25, -0.2) is 0 Å². The fourth-order valence-corrected chi connectivity index (χ4v) is 2.71. The van der Waals surface area contributed by atoms with Gasteiger partial charge in [0.25, 0.3) is 0 Å². The highest BCUT2D eigenvalue weighted by Crippen LogP contribution is 2.28. The molecule has 3 N–H and O–H groups in total. The first-order valence-electron chi connectivity index (χ1n) is 7.34. The quantitative estimate of drug-likeness (QED) is 0.898. The van der Waals surface area contributed by atoms with Gasteiger partial charge in [-0.15, -0.1) is 0 Å². The minimum absolute atomic E-state index is 0.0500. The lowest BCUT2D eigenvalue weighted by Crippen LogP contribution is -2.35. The van der Waals surface area contributed by atoms with E-state index in [-0.39, 0.29) is 17.4 Å². The lowest BCUT2D eigenvalue weighted by Gasteiger charge is -2.22. The highest BCUT2D eigenvalue weighted by atomic mass is 35.5. The number of halogens is 1. The molecule has 1 aliphatic heterocycles. The molecule has 5 heteroatoms. The van der Waals surface area contributed by atoms with E-state index in [0.717, 1.165) is 35.8 Å². The minimum Gasteiger partial charge on any atom is -0.371 e. The number of carbonyl (C=O) groups is 1. The maximum atomic E-state index is 11.2. The average Bonchev–Trinajstić information content (AvgIpc) is 2.85. The van der Waals surface area contributed by atoms with Crippen LogP contribution in [0.15, 0.2) is 18.2 Å². The molecule has 1 aromatic rings. The van der Waals surface area contributed by atoms with Crippen molar-refractivity contribution in [1.82, 2.24) is 5.32 Å². The monoisotopic (exact) mass is 309 g/mol. The summed E-state index contributed by atoms with van der Waals surface area (Å²) >= 11 is 6.38. The molecular formula is C16H24ClN3O. The van der Waals surface area contributed by atoms with E-state index in [4.69, 9.17) is 17.3 Å². The van der Waals surface area contributed by atoms with Crippen LogP contribution in [0, 0.1) is 5.92 Å². The van der Waals surface area contributed by atoms with Crippen molar-refractivity contribution in [2.75, 3.05) is 18.0 Å². The van der Waals surface area contributed by atoms with Gasteiger partial charge >= 0.3 is 0 Å². The topological polar surface area (TPSA) is 58.4 Å². The molecule has 0 aliphatic carbocycles. The zero-order valence-corrected chi connectivity index (χ0v) is 13.7. The predicted octanol–water partition coefficient (Wildman–Crippen LogP) is 2.54. The molecule has 116 valence electrons. The van der Waals surface area contributed by atoms with Crippen LogP contribution in [0.5, 0.6) is 0 Å². The third-order valence-electron chi connectivity index (χ3n) is 3.80. The van der Waals surface area contributed by atoms with E-state index in [1.807, 2.05) is 12.1 Å². The van der Waals surface area contributed by atoms with Crippen LogP contribution in [-0.2, 0) is 11.3 Å². The van der Waals surface area contributed by atoms with E-state index >= 15 is 0 Å². The molecule has 1 amide bonds. The van der Waals surface area contributed by atoms with E-state index in [2.05, 4.69) is 37.1 Å². The fourth-order valence-electron chi connectivity index (χ4n) is 2.46. The molecule has 0 radical (unpaired) electrons. The average molecular weight is 310 g/mol. The number of primary amides is 1. The summed E-state index contributed by atoms with van der Waals surface area (Å²) in [5.41, 5.74) is 7.58. The Kier molecular flexibility index (Phi) is 4.79. The zero-order valence-electron chi connectivity index (χ0n) is 12.9. The summed E-state index contributed by atoms with van der Waals surface area (Å²) in [6.07, 6.45) is 0.820. The molecule has 0 aromatic heterocycles. The number of hydrogen-bond acceptors (Lipinski definition) is 3. The number of nitrogens with one attached hydrogen (secondary N) is 1. The number of anilines is 1. The van der Waals surface area contributed by atoms with Crippen molar-refractivity contribution in [3.63, 3.8) is 0 Å². The van der Waals surface area contributed by atoms with Gasteiger partial charge in [0.15, 0.2) is 0 Å². The molecule has 1 atom stereocenters. The highest BCUT2D eigenvalue weighted by molar-refractivity contribution is 6.31. The first-order chi connectivity index (χ1) is 9.76. The molecule has 4 nitrogen and oxygen atoms in total. The fraction of sp³-hybridized carbons (Fsp3) is 0.562. The van der Waals surface area contributed by atoms with Gasteiger partial charge in [-0.1, -0.05) is 17.7 Å². The molecule has 0 saturated carbocycles. The van der Waals surface area contributed by atoms with Crippen LogP contribution in [0.1, 0.15) is 32.8 Å². The Bertz CT molecular complexity index is 525. The second-order valence-corrected chi connectivity index (χ2v) is 7.12. The van der Waals surface area contributed by atoms with Crippen molar-refractivity contribution in [1.29, 1.82) is 0 Å². The zero-order chi connectivity index (χ0) is 15.6. The summed E-state index contributed by atoms with van der Waals surface area (Å²) in [5.74, 6) is -0.263. The SMILES string of the molecule is CC(C)(C)NCc1ccc(N2CCC(C(N)=O)C2)cc1Cl. The van der Waals surface area contributed by atoms with Crippen LogP contribution in [0.3, 0.4) is 0 Å². The number of benzene rings is 1. The van der Waals surface area contributed by atoms with Crippen LogP contribution in [-0.4, -0.2) is 24.5 Å². The number of nitrogens with two attached hydrogens (primary N) is 1. The maximum Gasteiger partial charge on any atom is 0.222 e. The Balaban J connectivity index is 2.04. The van der Waals surface area contributed by atoms with Crippen molar-refractivity contribution < 1.29 is 4.79 Å². The van der Waals surface area contributed by atoms with E-state index in [9.17, 15) is 4.79 Å². The van der Waals surface area contributed by atoms with Crippen molar-refractivity contribution in [3.8, 4) is 0 Å². The first kappa shape index (κ1) is 16.1. The summed E-state index contributed by atoms with van der Waals surface area (Å²) < 4.78 is 0. The number of rotatable bonds is 4. The Morgan fingerprint density at radius 3 is 2.71 bits per heavy atom. The van der Waals surface area contributed by atoms with Gasteiger partial charge in [0.1, 0.15) is 0 Å². The minimum atomic E-state index is -0.213.